The summed E-state index contributed by atoms with van der Waals surface area (Å²) in [5, 5.41) is 3.09. The van der Waals surface area contributed by atoms with Gasteiger partial charge >= 0.3 is 0 Å². The number of aryl methyl sites for hydroxylation is 1. The fourth-order valence-electron chi connectivity index (χ4n) is 2.63. The van der Waals surface area contributed by atoms with Crippen LogP contribution in [-0.4, -0.2) is 10.9 Å². The molecule has 0 spiro atoms. The van der Waals surface area contributed by atoms with Gasteiger partial charge < -0.3 is 5.32 Å². The molecule has 19 heavy (non-hydrogen) atoms. The van der Waals surface area contributed by atoms with Gasteiger partial charge in [0.2, 0.25) is 0 Å². The number of rotatable bonds is 2. The van der Waals surface area contributed by atoms with E-state index < -0.39 is 0 Å². The molecule has 1 unspecified atom stereocenters. The molecule has 1 amide bonds. The minimum absolute atomic E-state index is 0.0951. The van der Waals surface area contributed by atoms with Crippen molar-refractivity contribution in [3.63, 3.8) is 0 Å². The summed E-state index contributed by atoms with van der Waals surface area (Å²) < 4.78 is 0. The Labute approximate surface area is 112 Å². The van der Waals surface area contributed by atoms with Crippen LogP contribution >= 0.6 is 0 Å². The quantitative estimate of drug-likeness (QED) is 0.893. The summed E-state index contributed by atoms with van der Waals surface area (Å²) in [6.45, 7) is 0. The van der Waals surface area contributed by atoms with Crippen LogP contribution in [0.1, 0.15) is 40.5 Å². The normalized spacial score (nSPS) is 17.6. The summed E-state index contributed by atoms with van der Waals surface area (Å²) in [5.74, 6) is -0.0951. The van der Waals surface area contributed by atoms with Gasteiger partial charge in [0.05, 0.1) is 6.04 Å². The second kappa shape index (κ2) is 5.22. The van der Waals surface area contributed by atoms with Crippen molar-refractivity contribution in [1.29, 1.82) is 0 Å². The van der Waals surface area contributed by atoms with Gasteiger partial charge in [0, 0.05) is 6.20 Å². The van der Waals surface area contributed by atoms with Gasteiger partial charge in [0.1, 0.15) is 5.69 Å². The Hall–Kier alpha value is -2.16. The van der Waals surface area contributed by atoms with Gasteiger partial charge in [-0.3, -0.25) is 9.78 Å². The van der Waals surface area contributed by atoms with Crippen LogP contribution in [0.2, 0.25) is 0 Å². The van der Waals surface area contributed by atoms with Crippen molar-refractivity contribution in [2.45, 2.75) is 25.3 Å². The first-order valence-electron chi connectivity index (χ1n) is 6.64. The largest absolute Gasteiger partial charge is 0.344 e. The average Bonchev–Trinajstić information content (AvgIpc) is 2.48. The van der Waals surface area contributed by atoms with Crippen LogP contribution in [0.25, 0.3) is 0 Å². The molecule has 1 heterocycles. The number of hydrogen-bond acceptors (Lipinski definition) is 2. The number of nitrogens with zero attached hydrogens (tertiary/aromatic N) is 1. The average molecular weight is 252 g/mol. The summed E-state index contributed by atoms with van der Waals surface area (Å²) >= 11 is 0. The van der Waals surface area contributed by atoms with E-state index in [0.717, 1.165) is 19.3 Å². The van der Waals surface area contributed by atoms with Crippen LogP contribution in [-0.2, 0) is 6.42 Å². The lowest BCUT2D eigenvalue weighted by molar-refractivity contribution is 0.0927. The number of carbonyl (C=O) groups excluding carboxylic acids is 1. The van der Waals surface area contributed by atoms with E-state index in [-0.39, 0.29) is 11.9 Å². The first kappa shape index (κ1) is 11.9. The zero-order valence-electron chi connectivity index (χ0n) is 10.7. The van der Waals surface area contributed by atoms with E-state index in [0.29, 0.717) is 5.69 Å². The van der Waals surface area contributed by atoms with Crippen molar-refractivity contribution < 1.29 is 4.79 Å². The number of benzene rings is 1. The maximum Gasteiger partial charge on any atom is 0.270 e. The van der Waals surface area contributed by atoms with E-state index in [4.69, 9.17) is 0 Å². The predicted molar refractivity (Wildman–Crippen MR) is 73.8 cm³/mol. The zero-order chi connectivity index (χ0) is 13.1. The molecule has 1 aromatic heterocycles. The van der Waals surface area contributed by atoms with E-state index in [2.05, 4.69) is 28.5 Å². The number of nitrogens with one attached hydrogen (secondary N) is 1. The van der Waals surface area contributed by atoms with Crippen molar-refractivity contribution in [1.82, 2.24) is 10.3 Å². The third-order valence-electron chi connectivity index (χ3n) is 3.57. The number of fused-ring (bicyclic) bond motifs is 1. The van der Waals surface area contributed by atoms with Gasteiger partial charge in [-0.1, -0.05) is 30.3 Å². The maximum absolute atomic E-state index is 12.1. The number of hydrogen-bond donors (Lipinski definition) is 1. The molecule has 1 aromatic carbocycles. The van der Waals surface area contributed by atoms with Crippen molar-refractivity contribution in [2.75, 3.05) is 0 Å². The molecular weight excluding hydrogens is 236 g/mol. The van der Waals surface area contributed by atoms with Gasteiger partial charge in [0.25, 0.3) is 5.91 Å². The monoisotopic (exact) mass is 252 g/mol. The second-order valence-electron chi connectivity index (χ2n) is 4.83. The fraction of sp³-hybridized carbons (Fsp3) is 0.250. The van der Waals surface area contributed by atoms with E-state index >= 15 is 0 Å². The molecule has 3 rings (SSSR count). The number of aromatic nitrogens is 1. The number of amides is 1. The summed E-state index contributed by atoms with van der Waals surface area (Å²) in [4.78, 5) is 16.2. The predicted octanol–water partition coefficient (Wildman–Crippen LogP) is 2.89. The highest BCUT2D eigenvalue weighted by molar-refractivity contribution is 5.92. The van der Waals surface area contributed by atoms with Crippen LogP contribution in [0.4, 0.5) is 0 Å². The molecule has 1 N–H and O–H groups in total. The topological polar surface area (TPSA) is 42.0 Å². The van der Waals surface area contributed by atoms with Crippen molar-refractivity contribution in [3.05, 3.63) is 65.5 Å². The van der Waals surface area contributed by atoms with Gasteiger partial charge in [-0.2, -0.15) is 0 Å². The maximum atomic E-state index is 12.1. The van der Waals surface area contributed by atoms with Gasteiger partial charge in [0.15, 0.2) is 0 Å². The van der Waals surface area contributed by atoms with Crippen LogP contribution in [0.5, 0.6) is 0 Å². The zero-order valence-corrected chi connectivity index (χ0v) is 10.7. The smallest absolute Gasteiger partial charge is 0.270 e. The molecule has 1 atom stereocenters. The Morgan fingerprint density at radius 2 is 2.00 bits per heavy atom. The van der Waals surface area contributed by atoms with Gasteiger partial charge in [-0.05, 0) is 42.5 Å². The first-order chi connectivity index (χ1) is 9.34. The molecule has 3 nitrogen and oxygen atoms in total. The number of carbonyl (C=O) groups is 1. The first-order valence-corrected chi connectivity index (χ1v) is 6.64. The standard InChI is InChI=1S/C16H16N2O/c19-16(15-9-3-4-11-17-15)18-14-10-5-7-12-6-1-2-8-13(12)14/h1-4,6,8-9,11,14H,5,7,10H2,(H,18,19). The molecule has 0 saturated heterocycles. The molecular formula is C16H16N2O. The van der Waals surface area contributed by atoms with Crippen molar-refractivity contribution in [2.24, 2.45) is 0 Å². The molecule has 0 saturated carbocycles. The van der Waals surface area contributed by atoms with Gasteiger partial charge in [-0.15, -0.1) is 0 Å². The fourth-order valence-corrected chi connectivity index (χ4v) is 2.63. The lowest BCUT2D eigenvalue weighted by Gasteiger charge is -2.26. The molecule has 96 valence electrons. The van der Waals surface area contributed by atoms with Crippen LogP contribution in [0.3, 0.4) is 0 Å². The van der Waals surface area contributed by atoms with E-state index in [1.165, 1.54) is 11.1 Å². The van der Waals surface area contributed by atoms with E-state index in [9.17, 15) is 4.79 Å². The molecule has 3 heteroatoms. The highest BCUT2D eigenvalue weighted by Crippen LogP contribution is 2.29. The minimum atomic E-state index is -0.0951. The third kappa shape index (κ3) is 2.50. The number of pyridine rings is 1. The lowest BCUT2D eigenvalue weighted by atomic mass is 9.87. The second-order valence-corrected chi connectivity index (χ2v) is 4.83. The SMILES string of the molecule is O=C(NC1CCCc2ccccc21)c1ccccn1. The molecule has 1 aliphatic rings. The highest BCUT2D eigenvalue weighted by atomic mass is 16.1. The minimum Gasteiger partial charge on any atom is -0.344 e. The van der Waals surface area contributed by atoms with E-state index in [1.54, 1.807) is 12.3 Å². The summed E-state index contributed by atoms with van der Waals surface area (Å²) in [7, 11) is 0. The Morgan fingerprint density at radius 1 is 1.16 bits per heavy atom. The molecule has 1 aliphatic carbocycles. The Kier molecular flexibility index (Phi) is 3.27. The summed E-state index contributed by atoms with van der Waals surface area (Å²) in [6.07, 6.45) is 4.86. The molecule has 0 bridgehead atoms. The summed E-state index contributed by atoms with van der Waals surface area (Å²) in [6, 6.07) is 13.8. The Bertz CT molecular complexity index is 580. The lowest BCUT2D eigenvalue weighted by Crippen LogP contribution is -2.31. The van der Waals surface area contributed by atoms with E-state index in [1.807, 2.05) is 18.2 Å². The molecule has 0 fully saturated rings. The van der Waals surface area contributed by atoms with Crippen LogP contribution in [0.15, 0.2) is 48.7 Å². The van der Waals surface area contributed by atoms with Crippen molar-refractivity contribution >= 4 is 5.91 Å². The molecule has 0 aliphatic heterocycles. The molecule has 2 aromatic rings. The Morgan fingerprint density at radius 3 is 2.84 bits per heavy atom. The van der Waals surface area contributed by atoms with Crippen molar-refractivity contribution in [3.8, 4) is 0 Å². The van der Waals surface area contributed by atoms with Crippen LogP contribution < -0.4 is 5.32 Å². The Balaban J connectivity index is 1.80. The molecule has 0 radical (unpaired) electrons. The third-order valence-corrected chi connectivity index (χ3v) is 3.57. The van der Waals surface area contributed by atoms with Gasteiger partial charge in [-0.25, -0.2) is 0 Å². The highest BCUT2D eigenvalue weighted by Gasteiger charge is 2.21. The summed E-state index contributed by atoms with van der Waals surface area (Å²) in [5.41, 5.74) is 3.07. The van der Waals surface area contributed by atoms with Crippen LogP contribution in [0, 0.1) is 0 Å².